The number of likely N-dealkylation sites (N-methyl/N-ethyl adjacent to an activating group) is 1. The lowest BCUT2D eigenvalue weighted by molar-refractivity contribution is -0.122. The molecule has 2 aliphatic rings. The minimum atomic E-state index is -1.10. The zero-order valence-corrected chi connectivity index (χ0v) is 18.2. The molecule has 0 saturated carbocycles. The van der Waals surface area contributed by atoms with Gasteiger partial charge in [0, 0.05) is 35.5 Å². The summed E-state index contributed by atoms with van der Waals surface area (Å²) >= 11 is 3.37. The highest BCUT2D eigenvalue weighted by Gasteiger charge is 2.51. The number of fused-ring (bicyclic) bond motifs is 1. The fourth-order valence-corrected chi connectivity index (χ4v) is 4.15. The molecule has 2 aliphatic heterocycles. The van der Waals surface area contributed by atoms with Gasteiger partial charge in [0.25, 0.3) is 17.7 Å². The van der Waals surface area contributed by atoms with E-state index < -0.39 is 17.3 Å². The van der Waals surface area contributed by atoms with Gasteiger partial charge in [0.1, 0.15) is 5.54 Å². The molecule has 3 heterocycles. The van der Waals surface area contributed by atoms with Gasteiger partial charge in [-0.15, -0.1) is 0 Å². The third-order valence-electron chi connectivity index (χ3n) is 5.46. The predicted molar refractivity (Wildman–Crippen MR) is 118 cm³/mol. The molecule has 10 heteroatoms. The molecule has 0 radical (unpaired) electrons. The van der Waals surface area contributed by atoms with Gasteiger partial charge in [0.05, 0.1) is 12.2 Å². The first-order valence-corrected chi connectivity index (χ1v) is 10.3. The van der Waals surface area contributed by atoms with Crippen LogP contribution in [0.15, 0.2) is 53.4 Å². The number of rotatable bonds is 3. The first kappa shape index (κ1) is 21.0. The number of benzene rings is 1. The van der Waals surface area contributed by atoms with Crippen LogP contribution in [0, 0.1) is 0 Å². The maximum Gasteiger partial charge on any atom is 0.283 e. The van der Waals surface area contributed by atoms with Crippen molar-refractivity contribution < 1.29 is 18.8 Å². The minimum Gasteiger partial charge on any atom is -0.353 e. The maximum atomic E-state index is 13.1. The number of anilines is 3. The number of carbonyl (C=O) groups is 3. The van der Waals surface area contributed by atoms with E-state index >= 15 is 0 Å². The largest absolute Gasteiger partial charge is 0.353 e. The summed E-state index contributed by atoms with van der Waals surface area (Å²) in [6, 6.07) is 7.92. The zero-order chi connectivity index (χ0) is 22.3. The Bertz CT molecular complexity index is 1110. The normalized spacial score (nSPS) is 19.8. The maximum absolute atomic E-state index is 13.1. The molecule has 160 valence electrons. The van der Waals surface area contributed by atoms with E-state index in [0.29, 0.717) is 35.7 Å². The summed E-state index contributed by atoms with van der Waals surface area (Å²) in [6.45, 7) is 3.54. The van der Waals surface area contributed by atoms with Crippen molar-refractivity contribution in [3.05, 3.63) is 59.0 Å². The third kappa shape index (κ3) is 3.78. The second-order valence-electron chi connectivity index (χ2n) is 7.51. The summed E-state index contributed by atoms with van der Waals surface area (Å²) in [5.41, 5.74) is 0.475. The summed E-state index contributed by atoms with van der Waals surface area (Å²) in [4.78, 5) is 45.0. The van der Waals surface area contributed by atoms with Crippen LogP contribution in [-0.2, 0) is 9.59 Å². The Balaban J connectivity index is 1.50. The smallest absolute Gasteiger partial charge is 0.283 e. The molecule has 8 nitrogen and oxygen atoms in total. The van der Waals surface area contributed by atoms with Gasteiger partial charge in [-0.3, -0.25) is 14.4 Å². The number of hydrogen-bond donors (Lipinski definition) is 2. The van der Waals surface area contributed by atoms with Crippen molar-refractivity contribution in [1.82, 2.24) is 9.88 Å². The zero-order valence-electron chi connectivity index (χ0n) is 16.6. The summed E-state index contributed by atoms with van der Waals surface area (Å²) in [7, 11) is 1.70. The fourth-order valence-electron chi connectivity index (χ4n) is 3.83. The number of hydrogen-bond acceptors (Lipinski definition) is 5. The number of nitrogens with zero attached hydrogens (tertiary/aromatic N) is 3. The molecular formula is C21H19BrFN5O3. The number of nitrogens with one attached hydrogen (secondary N) is 2. The quantitative estimate of drug-likeness (QED) is 0.649. The highest BCUT2D eigenvalue weighted by molar-refractivity contribution is 9.10. The molecule has 0 bridgehead atoms. The average Bonchev–Trinajstić information content (AvgIpc) is 3.18. The van der Waals surface area contributed by atoms with Crippen molar-refractivity contribution in [2.75, 3.05) is 35.7 Å². The van der Waals surface area contributed by atoms with E-state index in [9.17, 15) is 18.8 Å². The van der Waals surface area contributed by atoms with Crippen LogP contribution < -0.4 is 15.5 Å². The van der Waals surface area contributed by atoms with Gasteiger partial charge in [-0.25, -0.2) is 9.37 Å². The molecule has 4 rings (SSSR count). The molecule has 3 amide bonds. The topological polar surface area (TPSA) is 94.6 Å². The number of likely N-dealkylation sites (tertiary alicyclic amines) is 1. The van der Waals surface area contributed by atoms with E-state index in [1.165, 1.54) is 12.1 Å². The molecule has 1 spiro atoms. The molecular weight excluding hydrogens is 469 g/mol. The SMILES string of the molecule is C=C(F)C(=O)Nc1ccc(C(=O)N2CCC3(C2)Nc2ncc(Br)cc2N(C)C3=O)cc1. The second kappa shape index (κ2) is 7.77. The average molecular weight is 488 g/mol. The Morgan fingerprint density at radius 2 is 2.03 bits per heavy atom. The number of halogens is 2. The van der Waals surface area contributed by atoms with E-state index in [0.717, 1.165) is 4.47 Å². The van der Waals surface area contributed by atoms with E-state index in [1.807, 2.05) is 6.07 Å². The van der Waals surface area contributed by atoms with Crippen molar-refractivity contribution >= 4 is 50.8 Å². The molecule has 1 unspecified atom stereocenters. The van der Waals surface area contributed by atoms with Crippen LogP contribution in [-0.4, -0.2) is 53.3 Å². The lowest BCUT2D eigenvalue weighted by Crippen LogP contribution is -2.58. The van der Waals surface area contributed by atoms with E-state index in [2.05, 4.69) is 38.1 Å². The van der Waals surface area contributed by atoms with Gasteiger partial charge >= 0.3 is 0 Å². The Morgan fingerprint density at radius 3 is 2.71 bits per heavy atom. The van der Waals surface area contributed by atoms with Crippen LogP contribution in [0.3, 0.4) is 0 Å². The van der Waals surface area contributed by atoms with Crippen molar-refractivity contribution in [3.63, 3.8) is 0 Å². The standard InChI is InChI=1S/C21H19BrFN5O3/c1-12(23)18(29)25-15-5-3-13(4-6-15)19(30)28-8-7-21(11-28)20(31)27(2)16-9-14(22)10-24-17(16)26-21/h3-6,9-10H,1,7-8,11H2,2H3,(H,24,26)(H,25,29). The summed E-state index contributed by atoms with van der Waals surface area (Å²) in [6.07, 6.45) is 2.10. The van der Waals surface area contributed by atoms with Crippen LogP contribution in [0.4, 0.5) is 21.6 Å². The molecule has 2 N–H and O–H groups in total. The molecule has 2 aromatic rings. The first-order chi connectivity index (χ1) is 14.7. The van der Waals surface area contributed by atoms with Crippen LogP contribution in [0.1, 0.15) is 16.8 Å². The van der Waals surface area contributed by atoms with Crippen molar-refractivity contribution in [1.29, 1.82) is 0 Å². The Kier molecular flexibility index (Phi) is 5.26. The monoisotopic (exact) mass is 487 g/mol. The third-order valence-corrected chi connectivity index (χ3v) is 5.89. The Hall–Kier alpha value is -3.27. The van der Waals surface area contributed by atoms with Crippen molar-refractivity contribution in [3.8, 4) is 0 Å². The van der Waals surface area contributed by atoms with E-state index in [4.69, 9.17) is 0 Å². The number of amides is 3. The van der Waals surface area contributed by atoms with Crippen molar-refractivity contribution in [2.45, 2.75) is 12.0 Å². The molecule has 31 heavy (non-hydrogen) atoms. The minimum absolute atomic E-state index is 0.125. The molecule has 1 saturated heterocycles. The first-order valence-electron chi connectivity index (χ1n) is 9.47. The lowest BCUT2D eigenvalue weighted by Gasteiger charge is -2.39. The van der Waals surface area contributed by atoms with Gasteiger partial charge in [-0.2, -0.15) is 0 Å². The van der Waals surface area contributed by atoms with Crippen molar-refractivity contribution in [2.24, 2.45) is 0 Å². The Morgan fingerprint density at radius 1 is 1.32 bits per heavy atom. The molecule has 1 atom stereocenters. The van der Waals surface area contributed by atoms with Gasteiger partial charge < -0.3 is 20.4 Å². The number of aromatic nitrogens is 1. The molecule has 0 aliphatic carbocycles. The number of carbonyl (C=O) groups excluding carboxylic acids is 3. The summed E-state index contributed by atoms with van der Waals surface area (Å²) < 4.78 is 13.6. The highest BCUT2D eigenvalue weighted by atomic mass is 79.9. The fraction of sp³-hybridized carbons (Fsp3) is 0.238. The predicted octanol–water partition coefficient (Wildman–Crippen LogP) is 2.94. The number of pyridine rings is 1. The summed E-state index contributed by atoms with van der Waals surface area (Å²) in [5, 5.41) is 5.59. The van der Waals surface area contributed by atoms with Gasteiger partial charge in [-0.1, -0.05) is 6.58 Å². The van der Waals surface area contributed by atoms with Crippen LogP contribution in [0.25, 0.3) is 0 Å². The molecule has 1 aromatic heterocycles. The second-order valence-corrected chi connectivity index (χ2v) is 8.42. The van der Waals surface area contributed by atoms with Crippen LogP contribution in [0.5, 0.6) is 0 Å². The van der Waals surface area contributed by atoms with E-state index in [1.54, 1.807) is 35.2 Å². The molecule has 1 fully saturated rings. The van der Waals surface area contributed by atoms with Crippen LogP contribution >= 0.6 is 15.9 Å². The molecule has 1 aromatic carbocycles. The van der Waals surface area contributed by atoms with Gasteiger partial charge in [0.15, 0.2) is 11.6 Å². The van der Waals surface area contributed by atoms with Crippen LogP contribution in [0.2, 0.25) is 0 Å². The van der Waals surface area contributed by atoms with Gasteiger partial charge in [-0.05, 0) is 52.7 Å². The highest BCUT2D eigenvalue weighted by Crippen LogP contribution is 2.39. The van der Waals surface area contributed by atoms with E-state index in [-0.39, 0.29) is 18.4 Å². The Labute approximate surface area is 186 Å². The van der Waals surface area contributed by atoms with Gasteiger partial charge in [0.2, 0.25) is 0 Å². The lowest BCUT2D eigenvalue weighted by atomic mass is 9.94. The summed E-state index contributed by atoms with van der Waals surface area (Å²) in [5.74, 6) is -1.81.